The van der Waals surface area contributed by atoms with Crippen LogP contribution >= 0.6 is 0 Å². The first-order valence-corrected chi connectivity index (χ1v) is 5.56. The lowest BCUT2D eigenvalue weighted by atomic mass is 9.78. The number of hydrogen-bond acceptors (Lipinski definition) is 2. The van der Waals surface area contributed by atoms with Crippen molar-refractivity contribution in [3.05, 3.63) is 35.4 Å². The Labute approximate surface area is 105 Å². The van der Waals surface area contributed by atoms with Gasteiger partial charge in [0.15, 0.2) is 5.78 Å². The molecule has 1 aromatic carbocycles. The van der Waals surface area contributed by atoms with E-state index in [-0.39, 0.29) is 6.54 Å². The lowest BCUT2D eigenvalue weighted by molar-refractivity contribution is -0.197. The van der Waals surface area contributed by atoms with E-state index in [9.17, 15) is 26.7 Å². The van der Waals surface area contributed by atoms with Crippen LogP contribution < -0.4 is 5.32 Å². The molecule has 1 aromatic rings. The van der Waals surface area contributed by atoms with Crippen molar-refractivity contribution in [2.24, 2.45) is 5.41 Å². The van der Waals surface area contributed by atoms with Crippen LogP contribution in [0.2, 0.25) is 0 Å². The highest BCUT2D eigenvalue weighted by atomic mass is 19.4. The van der Waals surface area contributed by atoms with E-state index in [0.29, 0.717) is 0 Å². The highest BCUT2D eigenvalue weighted by Gasteiger charge is 2.61. The predicted molar refractivity (Wildman–Crippen MR) is 56.7 cm³/mol. The highest BCUT2D eigenvalue weighted by molar-refractivity contribution is 6.02. The summed E-state index contributed by atoms with van der Waals surface area (Å²) in [5.41, 5.74) is -3.88. The molecule has 2 rings (SSSR count). The fourth-order valence-corrected chi connectivity index (χ4v) is 2.21. The molecule has 0 spiro atoms. The van der Waals surface area contributed by atoms with Crippen LogP contribution in [0.1, 0.15) is 16.8 Å². The molecule has 1 unspecified atom stereocenters. The van der Waals surface area contributed by atoms with Gasteiger partial charge in [-0.05, 0) is 25.1 Å². The number of ketones is 1. The summed E-state index contributed by atoms with van der Waals surface area (Å²) in [6, 6.07) is 2.53. The minimum absolute atomic E-state index is 0.0265. The first-order chi connectivity index (χ1) is 8.79. The van der Waals surface area contributed by atoms with Crippen molar-refractivity contribution in [1.29, 1.82) is 0 Å². The van der Waals surface area contributed by atoms with Gasteiger partial charge in [0.1, 0.15) is 17.0 Å². The maximum Gasteiger partial charge on any atom is 0.402 e. The summed E-state index contributed by atoms with van der Waals surface area (Å²) >= 11 is 0. The number of benzene rings is 1. The third kappa shape index (κ3) is 2.11. The van der Waals surface area contributed by atoms with Crippen LogP contribution in [-0.4, -0.2) is 25.0 Å². The van der Waals surface area contributed by atoms with Gasteiger partial charge in [0.05, 0.1) is 5.56 Å². The second kappa shape index (κ2) is 4.56. The third-order valence-corrected chi connectivity index (χ3v) is 3.32. The zero-order chi connectivity index (χ0) is 14.3. The number of carbonyl (C=O) groups is 1. The maximum atomic E-state index is 13.5. The van der Waals surface area contributed by atoms with E-state index in [1.165, 1.54) is 0 Å². The average molecular weight is 279 g/mol. The smallest absolute Gasteiger partial charge is 0.315 e. The zero-order valence-corrected chi connectivity index (χ0v) is 9.65. The van der Waals surface area contributed by atoms with Gasteiger partial charge in [-0.2, -0.15) is 13.2 Å². The van der Waals surface area contributed by atoms with Crippen LogP contribution in [0.25, 0.3) is 0 Å². The SMILES string of the molecule is O=C(c1c(F)cccc1F)C1(C(F)(F)F)CCNC1. The minimum atomic E-state index is -4.86. The molecule has 0 aliphatic carbocycles. The molecule has 0 amide bonds. The number of hydrogen-bond donors (Lipinski definition) is 1. The molecule has 1 fully saturated rings. The van der Waals surface area contributed by atoms with E-state index >= 15 is 0 Å². The lowest BCUT2D eigenvalue weighted by Gasteiger charge is -2.29. The summed E-state index contributed by atoms with van der Waals surface area (Å²) in [4.78, 5) is 12.0. The van der Waals surface area contributed by atoms with Gasteiger partial charge in [-0.1, -0.05) is 6.07 Å². The Kier molecular flexibility index (Phi) is 3.34. The molecule has 0 bridgehead atoms. The van der Waals surface area contributed by atoms with Gasteiger partial charge in [-0.3, -0.25) is 4.79 Å². The standard InChI is InChI=1S/C12H10F5NO/c13-7-2-1-3-8(14)9(7)10(19)11(12(15,16)17)4-5-18-6-11/h1-3,18H,4-6H2. The highest BCUT2D eigenvalue weighted by Crippen LogP contribution is 2.45. The van der Waals surface area contributed by atoms with Crippen molar-refractivity contribution < 1.29 is 26.7 Å². The van der Waals surface area contributed by atoms with Crippen LogP contribution in [0.4, 0.5) is 22.0 Å². The van der Waals surface area contributed by atoms with Gasteiger partial charge >= 0.3 is 6.18 Å². The quantitative estimate of drug-likeness (QED) is 0.666. The van der Waals surface area contributed by atoms with E-state index in [0.717, 1.165) is 18.2 Å². The Balaban J connectivity index is 2.53. The Bertz CT molecular complexity index is 485. The fraction of sp³-hybridized carbons (Fsp3) is 0.417. The number of Topliss-reactive ketones (excluding diaryl/α,β-unsaturated/α-hetero) is 1. The third-order valence-electron chi connectivity index (χ3n) is 3.32. The second-order valence-electron chi connectivity index (χ2n) is 4.43. The predicted octanol–water partition coefficient (Wildman–Crippen LogP) is 2.69. The van der Waals surface area contributed by atoms with E-state index in [1.54, 1.807) is 0 Å². The molecule has 2 nitrogen and oxygen atoms in total. The van der Waals surface area contributed by atoms with E-state index in [4.69, 9.17) is 0 Å². The van der Waals surface area contributed by atoms with Crippen LogP contribution in [0.5, 0.6) is 0 Å². The number of halogens is 5. The number of alkyl halides is 3. The van der Waals surface area contributed by atoms with Crippen molar-refractivity contribution in [3.63, 3.8) is 0 Å². The molecule has 0 radical (unpaired) electrons. The zero-order valence-electron chi connectivity index (χ0n) is 9.65. The molecule has 1 aliphatic rings. The molecule has 0 saturated carbocycles. The van der Waals surface area contributed by atoms with Crippen molar-refractivity contribution in [2.75, 3.05) is 13.1 Å². The van der Waals surface area contributed by atoms with Gasteiger partial charge in [0.2, 0.25) is 0 Å². The Morgan fingerprint density at radius 1 is 1.21 bits per heavy atom. The summed E-state index contributed by atoms with van der Waals surface area (Å²) in [6.45, 7) is -0.690. The molecule has 19 heavy (non-hydrogen) atoms. The number of rotatable bonds is 2. The molecule has 1 N–H and O–H groups in total. The molecule has 0 aromatic heterocycles. The molecule has 1 saturated heterocycles. The first kappa shape index (κ1) is 13.9. The Morgan fingerprint density at radius 2 is 1.79 bits per heavy atom. The van der Waals surface area contributed by atoms with Gasteiger partial charge < -0.3 is 5.32 Å². The summed E-state index contributed by atoms with van der Waals surface area (Å²) in [6.07, 6.45) is -5.38. The molecule has 1 aliphatic heterocycles. The van der Waals surface area contributed by atoms with Gasteiger partial charge in [0.25, 0.3) is 0 Å². The molecular formula is C12H10F5NO. The van der Waals surface area contributed by atoms with Crippen molar-refractivity contribution >= 4 is 5.78 Å². The summed E-state index contributed by atoms with van der Waals surface area (Å²) in [5.74, 6) is -4.11. The Hall–Kier alpha value is -1.50. The average Bonchev–Trinajstić information content (AvgIpc) is 2.77. The molecule has 1 atom stereocenters. The van der Waals surface area contributed by atoms with Crippen molar-refractivity contribution in [1.82, 2.24) is 5.32 Å². The van der Waals surface area contributed by atoms with Crippen LogP contribution in [0.3, 0.4) is 0 Å². The lowest BCUT2D eigenvalue weighted by Crippen LogP contribution is -2.47. The first-order valence-electron chi connectivity index (χ1n) is 5.56. The van der Waals surface area contributed by atoms with Crippen molar-refractivity contribution in [3.8, 4) is 0 Å². The molecular weight excluding hydrogens is 269 g/mol. The van der Waals surface area contributed by atoms with Gasteiger partial charge in [-0.15, -0.1) is 0 Å². The van der Waals surface area contributed by atoms with Crippen LogP contribution in [0.15, 0.2) is 18.2 Å². The normalized spacial score (nSPS) is 23.6. The Morgan fingerprint density at radius 3 is 2.21 bits per heavy atom. The van der Waals surface area contributed by atoms with Crippen LogP contribution in [-0.2, 0) is 0 Å². The maximum absolute atomic E-state index is 13.5. The summed E-state index contributed by atoms with van der Waals surface area (Å²) in [5, 5.41) is 2.42. The van der Waals surface area contributed by atoms with Gasteiger partial charge in [0, 0.05) is 6.54 Å². The summed E-state index contributed by atoms with van der Waals surface area (Å²) in [7, 11) is 0. The van der Waals surface area contributed by atoms with Gasteiger partial charge in [-0.25, -0.2) is 8.78 Å². The van der Waals surface area contributed by atoms with E-state index < -0.39 is 47.5 Å². The molecule has 104 valence electrons. The second-order valence-corrected chi connectivity index (χ2v) is 4.43. The fourth-order valence-electron chi connectivity index (χ4n) is 2.21. The monoisotopic (exact) mass is 279 g/mol. The molecule has 1 heterocycles. The minimum Gasteiger partial charge on any atom is -0.315 e. The number of nitrogens with one attached hydrogen (secondary N) is 1. The largest absolute Gasteiger partial charge is 0.402 e. The van der Waals surface area contributed by atoms with Crippen LogP contribution in [0, 0.1) is 17.0 Å². The molecule has 7 heteroatoms. The summed E-state index contributed by atoms with van der Waals surface area (Å²) < 4.78 is 66.3. The van der Waals surface area contributed by atoms with E-state index in [1.807, 2.05) is 0 Å². The topological polar surface area (TPSA) is 29.1 Å². The van der Waals surface area contributed by atoms with E-state index in [2.05, 4.69) is 5.32 Å². The van der Waals surface area contributed by atoms with Crippen molar-refractivity contribution in [2.45, 2.75) is 12.6 Å². The number of carbonyl (C=O) groups excluding carboxylic acids is 1.